The van der Waals surface area contributed by atoms with E-state index in [2.05, 4.69) is 10.5 Å². The molecule has 0 saturated carbocycles. The largest absolute Gasteiger partial charge is 0.506 e. The highest BCUT2D eigenvalue weighted by Crippen LogP contribution is 2.30. The van der Waals surface area contributed by atoms with Gasteiger partial charge in [0.25, 0.3) is 5.91 Å². The van der Waals surface area contributed by atoms with Crippen LogP contribution in [0, 0.1) is 17.0 Å². The Kier molecular flexibility index (Phi) is 6.37. The molecule has 8 nitrogen and oxygen atoms in total. The van der Waals surface area contributed by atoms with Crippen molar-refractivity contribution in [1.29, 1.82) is 0 Å². The third kappa shape index (κ3) is 5.08. The number of carbonyl (C=O) groups excluding carboxylic acids is 1. The van der Waals surface area contributed by atoms with E-state index in [1.54, 1.807) is 13.0 Å². The second-order valence-corrected chi connectivity index (χ2v) is 5.98. The lowest BCUT2D eigenvalue weighted by Gasteiger charge is -2.06. The van der Waals surface area contributed by atoms with Gasteiger partial charge in [0.1, 0.15) is 5.75 Å². The Morgan fingerprint density at radius 2 is 2.12 bits per heavy atom. The number of rotatable bonds is 6. The minimum atomic E-state index is -0.649. The zero-order valence-electron chi connectivity index (χ0n) is 13.4. The van der Waals surface area contributed by atoms with E-state index in [1.165, 1.54) is 24.3 Å². The maximum atomic E-state index is 11.7. The summed E-state index contributed by atoms with van der Waals surface area (Å²) < 4.78 is 5.16. The monoisotopic (exact) mass is 397 g/mol. The summed E-state index contributed by atoms with van der Waals surface area (Å²) in [5.74, 6) is -0.914. The number of nitro groups is 1. The number of nitro benzene ring substituents is 1. The number of nitrogens with zero attached hydrogens (tertiary/aromatic N) is 2. The van der Waals surface area contributed by atoms with Gasteiger partial charge >= 0.3 is 5.69 Å². The lowest BCUT2D eigenvalue weighted by atomic mass is 10.2. The van der Waals surface area contributed by atoms with Gasteiger partial charge in [0.15, 0.2) is 12.4 Å². The Bertz CT molecular complexity index is 886. The van der Waals surface area contributed by atoms with Crippen molar-refractivity contribution in [1.82, 2.24) is 5.43 Å². The molecule has 1 amide bonds. The highest BCUT2D eigenvalue weighted by Gasteiger charge is 2.16. The summed E-state index contributed by atoms with van der Waals surface area (Å²) in [6.07, 6.45) is 1.15. The van der Waals surface area contributed by atoms with Crippen molar-refractivity contribution in [2.24, 2.45) is 5.10 Å². The minimum Gasteiger partial charge on any atom is -0.506 e. The Hall–Kier alpha value is -2.84. The Labute approximate surface area is 158 Å². The molecule has 0 aliphatic carbocycles. The summed E-state index contributed by atoms with van der Waals surface area (Å²) in [6, 6.07) is 7.15. The summed E-state index contributed by atoms with van der Waals surface area (Å²) in [7, 11) is 0. The standard InChI is InChI=1S/C16H13Cl2N3O5/c1-9-2-3-14(13(4-9)21(24)25)26-8-15(22)20-19-7-10-5-11(17)6-12(18)16(10)23/h2-7,23H,8H2,1H3,(H,20,22)/b19-7-. The van der Waals surface area contributed by atoms with E-state index in [4.69, 9.17) is 27.9 Å². The number of phenolic OH excluding ortho intramolecular Hbond substituents is 1. The molecule has 136 valence electrons. The molecule has 0 atom stereocenters. The zero-order valence-corrected chi connectivity index (χ0v) is 14.9. The van der Waals surface area contributed by atoms with Crippen LogP contribution in [0.2, 0.25) is 10.0 Å². The van der Waals surface area contributed by atoms with Crippen LogP contribution >= 0.6 is 23.2 Å². The molecule has 2 rings (SSSR count). The Morgan fingerprint density at radius 1 is 1.38 bits per heavy atom. The molecule has 0 aliphatic rings. The summed E-state index contributed by atoms with van der Waals surface area (Å²) in [4.78, 5) is 22.1. The quantitative estimate of drug-likeness (QED) is 0.440. The number of hydrogen-bond donors (Lipinski definition) is 2. The number of benzene rings is 2. The molecule has 0 fully saturated rings. The van der Waals surface area contributed by atoms with Gasteiger partial charge in [-0.15, -0.1) is 0 Å². The van der Waals surface area contributed by atoms with Gasteiger partial charge in [-0.2, -0.15) is 5.10 Å². The first-order valence-corrected chi connectivity index (χ1v) is 7.91. The number of hydrogen-bond acceptors (Lipinski definition) is 6. The Balaban J connectivity index is 1.97. The fourth-order valence-corrected chi connectivity index (χ4v) is 2.43. The number of aryl methyl sites for hydroxylation is 1. The van der Waals surface area contributed by atoms with Gasteiger partial charge in [-0.3, -0.25) is 14.9 Å². The van der Waals surface area contributed by atoms with E-state index in [1.807, 2.05) is 0 Å². The molecule has 2 aromatic rings. The van der Waals surface area contributed by atoms with Crippen molar-refractivity contribution in [3.8, 4) is 11.5 Å². The van der Waals surface area contributed by atoms with Crippen molar-refractivity contribution < 1.29 is 19.6 Å². The van der Waals surface area contributed by atoms with Gasteiger partial charge in [-0.05, 0) is 30.7 Å². The normalized spacial score (nSPS) is 10.7. The maximum absolute atomic E-state index is 11.7. The second kappa shape index (κ2) is 8.50. The molecule has 2 N–H and O–H groups in total. The van der Waals surface area contributed by atoms with Gasteiger partial charge < -0.3 is 9.84 Å². The Morgan fingerprint density at radius 3 is 2.81 bits per heavy atom. The van der Waals surface area contributed by atoms with Crippen LogP contribution < -0.4 is 10.2 Å². The maximum Gasteiger partial charge on any atom is 0.311 e. The van der Waals surface area contributed by atoms with E-state index >= 15 is 0 Å². The molecule has 10 heteroatoms. The van der Waals surface area contributed by atoms with Crippen LogP contribution in [0.1, 0.15) is 11.1 Å². The number of carbonyl (C=O) groups is 1. The molecule has 0 radical (unpaired) electrons. The summed E-state index contributed by atoms with van der Waals surface area (Å²) in [5.41, 5.74) is 2.83. The predicted octanol–water partition coefficient (Wildman–Crippen LogP) is 3.44. The lowest BCUT2D eigenvalue weighted by molar-refractivity contribution is -0.385. The summed E-state index contributed by atoms with van der Waals surface area (Å²) >= 11 is 11.6. The number of nitrogens with one attached hydrogen (secondary N) is 1. The third-order valence-electron chi connectivity index (χ3n) is 3.12. The zero-order chi connectivity index (χ0) is 19.3. The van der Waals surface area contributed by atoms with Crippen LogP contribution in [0.3, 0.4) is 0 Å². The molecule has 0 saturated heterocycles. The average molecular weight is 398 g/mol. The van der Waals surface area contributed by atoms with Crippen LogP contribution in [-0.4, -0.2) is 28.8 Å². The van der Waals surface area contributed by atoms with E-state index in [9.17, 15) is 20.0 Å². The third-order valence-corrected chi connectivity index (χ3v) is 3.63. The highest BCUT2D eigenvalue weighted by atomic mass is 35.5. The number of amides is 1. The van der Waals surface area contributed by atoms with Crippen molar-refractivity contribution in [3.63, 3.8) is 0 Å². The smallest absolute Gasteiger partial charge is 0.311 e. The van der Waals surface area contributed by atoms with Crippen molar-refractivity contribution in [2.75, 3.05) is 6.61 Å². The fraction of sp³-hybridized carbons (Fsp3) is 0.125. The second-order valence-electron chi connectivity index (χ2n) is 5.14. The van der Waals surface area contributed by atoms with Gasteiger partial charge in [0.05, 0.1) is 16.2 Å². The van der Waals surface area contributed by atoms with Crippen molar-refractivity contribution in [3.05, 3.63) is 61.6 Å². The molecule has 26 heavy (non-hydrogen) atoms. The van der Waals surface area contributed by atoms with Gasteiger partial charge in [0.2, 0.25) is 0 Å². The molecule has 0 heterocycles. The number of ether oxygens (including phenoxy) is 1. The van der Waals surface area contributed by atoms with Crippen LogP contribution in [-0.2, 0) is 4.79 Å². The summed E-state index contributed by atoms with van der Waals surface area (Å²) in [6.45, 7) is 1.22. The van der Waals surface area contributed by atoms with E-state index in [0.29, 0.717) is 5.56 Å². The highest BCUT2D eigenvalue weighted by molar-refractivity contribution is 6.36. The van der Waals surface area contributed by atoms with Crippen LogP contribution in [0.15, 0.2) is 35.4 Å². The predicted molar refractivity (Wildman–Crippen MR) is 97.2 cm³/mol. The molecule has 0 aromatic heterocycles. The number of hydrazone groups is 1. The molecular weight excluding hydrogens is 385 g/mol. The first-order chi connectivity index (χ1) is 12.3. The topological polar surface area (TPSA) is 114 Å². The SMILES string of the molecule is Cc1ccc(OCC(=O)N/N=C\c2cc(Cl)cc(Cl)c2O)c([N+](=O)[O-])c1. The van der Waals surface area contributed by atoms with Crippen LogP contribution in [0.5, 0.6) is 11.5 Å². The molecule has 2 aromatic carbocycles. The molecular formula is C16H13Cl2N3O5. The van der Waals surface area contributed by atoms with Crippen LogP contribution in [0.25, 0.3) is 0 Å². The summed E-state index contributed by atoms with van der Waals surface area (Å²) in [5, 5.41) is 24.7. The van der Waals surface area contributed by atoms with E-state index in [-0.39, 0.29) is 32.8 Å². The van der Waals surface area contributed by atoms with E-state index < -0.39 is 17.4 Å². The average Bonchev–Trinajstić information content (AvgIpc) is 2.57. The first kappa shape index (κ1) is 19.5. The van der Waals surface area contributed by atoms with Crippen LogP contribution in [0.4, 0.5) is 5.69 Å². The number of halogens is 2. The van der Waals surface area contributed by atoms with Gasteiger partial charge in [-0.25, -0.2) is 5.43 Å². The lowest BCUT2D eigenvalue weighted by Crippen LogP contribution is -2.24. The van der Waals surface area contributed by atoms with E-state index in [0.717, 1.165) is 6.21 Å². The molecule has 0 spiro atoms. The number of phenols is 1. The fourth-order valence-electron chi connectivity index (χ4n) is 1.93. The number of aromatic hydroxyl groups is 1. The van der Waals surface area contributed by atoms with Gasteiger partial charge in [-0.1, -0.05) is 29.3 Å². The molecule has 0 aliphatic heterocycles. The molecule has 0 bridgehead atoms. The van der Waals surface area contributed by atoms with Gasteiger partial charge in [0, 0.05) is 16.7 Å². The van der Waals surface area contributed by atoms with Crippen molar-refractivity contribution >= 4 is 41.0 Å². The van der Waals surface area contributed by atoms with Crippen molar-refractivity contribution in [2.45, 2.75) is 6.92 Å². The first-order valence-electron chi connectivity index (χ1n) is 7.15. The minimum absolute atomic E-state index is 0.0287. The molecule has 0 unspecified atom stereocenters.